The number of aliphatic carboxylic acids is 1. The summed E-state index contributed by atoms with van der Waals surface area (Å²) < 4.78 is 75.4. The minimum Gasteiger partial charge on any atom is -0.481 e. The van der Waals surface area contributed by atoms with Gasteiger partial charge < -0.3 is 25.4 Å². The second kappa shape index (κ2) is 15.3. The highest BCUT2D eigenvalue weighted by molar-refractivity contribution is 5.97. The number of nitrogens with two attached hydrogens (primary N) is 1. The van der Waals surface area contributed by atoms with Crippen molar-refractivity contribution < 1.29 is 46.2 Å². The molecule has 51 heavy (non-hydrogen) atoms. The SMILES string of the molecule is CCC[C@H]1N(C(=O)c2cnccc2C(F)(F)F)CCC[C@@]1(Oc1ccc(C(F)F)cc1)C(=O)N1CCC(N)(c2ccccc2CCC(=O)O)CC1. The molecule has 3 heterocycles. The van der Waals surface area contributed by atoms with Crippen LogP contribution < -0.4 is 10.5 Å². The van der Waals surface area contributed by atoms with E-state index in [4.69, 9.17) is 10.5 Å². The fraction of sp³-hybridized carbons (Fsp3) is 0.459. The van der Waals surface area contributed by atoms with Crippen LogP contribution in [0, 0.1) is 0 Å². The molecule has 9 nitrogen and oxygen atoms in total. The summed E-state index contributed by atoms with van der Waals surface area (Å²) in [4.78, 5) is 46.9. The first-order valence-electron chi connectivity index (χ1n) is 17.0. The molecular weight excluding hydrogens is 675 g/mol. The minimum atomic E-state index is -4.84. The third kappa shape index (κ3) is 8.00. The molecule has 2 aliphatic heterocycles. The molecule has 2 aliphatic rings. The van der Waals surface area contributed by atoms with Gasteiger partial charge in [0.05, 0.1) is 17.2 Å². The Labute approximate surface area is 292 Å². The number of carboxylic acid groups (broad SMARTS) is 1. The van der Waals surface area contributed by atoms with Crippen LogP contribution in [0.25, 0.3) is 0 Å². The number of benzene rings is 2. The van der Waals surface area contributed by atoms with Gasteiger partial charge in [0.1, 0.15) is 5.75 Å². The minimum absolute atomic E-state index is 0.0530. The molecule has 5 rings (SSSR count). The molecule has 3 aromatic rings. The zero-order valence-electron chi connectivity index (χ0n) is 28.2. The number of rotatable bonds is 11. The Morgan fingerprint density at radius 2 is 1.71 bits per heavy atom. The van der Waals surface area contributed by atoms with Crippen molar-refractivity contribution in [1.29, 1.82) is 0 Å². The monoisotopic (exact) mass is 716 g/mol. The molecule has 0 unspecified atom stereocenters. The lowest BCUT2D eigenvalue weighted by Gasteiger charge is -2.51. The Morgan fingerprint density at radius 1 is 1.02 bits per heavy atom. The maximum atomic E-state index is 14.9. The number of carboxylic acids is 1. The number of carbonyl (C=O) groups excluding carboxylic acids is 2. The molecule has 3 N–H and O–H groups in total. The van der Waals surface area contributed by atoms with Gasteiger partial charge in [-0.2, -0.15) is 13.2 Å². The lowest BCUT2D eigenvalue weighted by Crippen LogP contribution is -2.69. The van der Waals surface area contributed by atoms with Gasteiger partial charge in [-0.05, 0) is 73.6 Å². The van der Waals surface area contributed by atoms with E-state index in [0.29, 0.717) is 19.3 Å². The van der Waals surface area contributed by atoms with Crippen LogP contribution >= 0.6 is 0 Å². The summed E-state index contributed by atoms with van der Waals surface area (Å²) in [5, 5.41) is 9.26. The number of halogens is 5. The summed E-state index contributed by atoms with van der Waals surface area (Å²) in [7, 11) is 0. The maximum Gasteiger partial charge on any atom is 0.417 e. The molecule has 274 valence electrons. The van der Waals surface area contributed by atoms with Crippen molar-refractivity contribution in [2.24, 2.45) is 5.73 Å². The Balaban J connectivity index is 1.51. The van der Waals surface area contributed by atoms with E-state index in [1.807, 2.05) is 31.2 Å². The Morgan fingerprint density at radius 3 is 2.33 bits per heavy atom. The summed E-state index contributed by atoms with van der Waals surface area (Å²) in [6.07, 6.45) is -3.97. The number of amides is 2. The predicted molar refractivity (Wildman–Crippen MR) is 177 cm³/mol. The largest absolute Gasteiger partial charge is 0.481 e. The van der Waals surface area contributed by atoms with Crippen LogP contribution in [0.4, 0.5) is 22.0 Å². The predicted octanol–water partition coefficient (Wildman–Crippen LogP) is 6.75. The molecule has 2 fully saturated rings. The third-order valence-electron chi connectivity index (χ3n) is 9.94. The number of hydrogen-bond acceptors (Lipinski definition) is 6. The van der Waals surface area contributed by atoms with Crippen molar-refractivity contribution in [2.45, 2.75) is 88.1 Å². The normalized spacial score (nSPS) is 20.7. The number of aromatic nitrogens is 1. The molecule has 0 bridgehead atoms. The van der Waals surface area contributed by atoms with E-state index in [1.54, 1.807) is 4.90 Å². The number of alkyl halides is 5. The van der Waals surface area contributed by atoms with Gasteiger partial charge in [0.15, 0.2) is 0 Å². The van der Waals surface area contributed by atoms with Gasteiger partial charge in [-0.25, -0.2) is 8.78 Å². The molecule has 0 spiro atoms. The highest BCUT2D eigenvalue weighted by atomic mass is 19.4. The molecule has 2 amide bonds. The zero-order chi connectivity index (χ0) is 37.0. The van der Waals surface area contributed by atoms with Crippen LogP contribution in [0.1, 0.15) is 90.9 Å². The Hall–Kier alpha value is -4.59. The van der Waals surface area contributed by atoms with Gasteiger partial charge >= 0.3 is 12.1 Å². The Bertz CT molecular complexity index is 1710. The molecule has 14 heteroatoms. The van der Waals surface area contributed by atoms with Crippen molar-refractivity contribution in [3.05, 3.63) is 94.8 Å². The van der Waals surface area contributed by atoms with Gasteiger partial charge in [0.25, 0.3) is 18.2 Å². The number of carbonyl (C=O) groups is 3. The van der Waals surface area contributed by atoms with Crippen LogP contribution in [0.3, 0.4) is 0 Å². The summed E-state index contributed by atoms with van der Waals surface area (Å²) in [6, 6.07) is 12.0. The van der Waals surface area contributed by atoms with E-state index in [1.165, 1.54) is 29.2 Å². The number of hydrogen-bond donors (Lipinski definition) is 2. The van der Waals surface area contributed by atoms with Crippen molar-refractivity contribution in [3.8, 4) is 5.75 Å². The zero-order valence-corrected chi connectivity index (χ0v) is 28.2. The maximum absolute atomic E-state index is 14.9. The smallest absolute Gasteiger partial charge is 0.417 e. The van der Waals surface area contributed by atoms with E-state index in [-0.39, 0.29) is 63.1 Å². The average Bonchev–Trinajstić information content (AvgIpc) is 3.11. The average molecular weight is 717 g/mol. The summed E-state index contributed by atoms with van der Waals surface area (Å²) in [5.41, 5.74) is 3.82. The van der Waals surface area contributed by atoms with Crippen LogP contribution in [-0.4, -0.2) is 69.0 Å². The molecule has 0 saturated carbocycles. The topological polar surface area (TPSA) is 126 Å². The van der Waals surface area contributed by atoms with Gasteiger partial charge in [-0.1, -0.05) is 37.6 Å². The van der Waals surface area contributed by atoms with Crippen LogP contribution in [0.5, 0.6) is 5.75 Å². The molecule has 1 aromatic heterocycles. The quantitative estimate of drug-likeness (QED) is 0.210. The highest BCUT2D eigenvalue weighted by Crippen LogP contribution is 2.41. The van der Waals surface area contributed by atoms with E-state index >= 15 is 0 Å². The number of aryl methyl sites for hydroxylation is 1. The van der Waals surface area contributed by atoms with Gasteiger partial charge in [-0.3, -0.25) is 19.4 Å². The number of pyridine rings is 1. The summed E-state index contributed by atoms with van der Waals surface area (Å²) in [6.45, 7) is 2.22. The van der Waals surface area contributed by atoms with Crippen LogP contribution in [0.2, 0.25) is 0 Å². The van der Waals surface area contributed by atoms with Crippen molar-refractivity contribution in [2.75, 3.05) is 19.6 Å². The number of likely N-dealkylation sites (tertiary alicyclic amines) is 2. The molecule has 2 aromatic carbocycles. The van der Waals surface area contributed by atoms with Crippen molar-refractivity contribution in [3.63, 3.8) is 0 Å². The number of piperidine rings is 2. The fourth-order valence-corrected chi connectivity index (χ4v) is 7.37. The number of nitrogens with zero attached hydrogens (tertiary/aromatic N) is 3. The summed E-state index contributed by atoms with van der Waals surface area (Å²) in [5.74, 6) is -2.27. The molecule has 2 saturated heterocycles. The summed E-state index contributed by atoms with van der Waals surface area (Å²) >= 11 is 0. The van der Waals surface area contributed by atoms with Crippen molar-refractivity contribution in [1.82, 2.24) is 14.8 Å². The standard InChI is InChI=1S/C37H41F5N4O5/c1-2-6-30-36(51-26-12-9-25(10-13-26)32(38)39,16-5-20-46(30)33(49)27-23-44-19-15-29(27)37(40,41)42)34(50)45-21-17-35(43,18-22-45)28-8-4-3-7-24(28)11-14-31(47)48/h3-4,7-10,12-13,15,19,23,30,32H,2,5-6,11,14,16-18,20-22,43H2,1H3,(H,47,48)/t30-,36+/m1/s1. The first kappa shape index (κ1) is 37.7. The Kier molecular flexibility index (Phi) is 11.3. The third-order valence-corrected chi connectivity index (χ3v) is 9.94. The fourth-order valence-electron chi connectivity index (χ4n) is 7.37. The molecule has 0 aliphatic carbocycles. The van der Waals surface area contributed by atoms with E-state index in [0.717, 1.165) is 29.6 Å². The lowest BCUT2D eigenvalue weighted by atomic mass is 9.76. The van der Waals surface area contributed by atoms with Crippen LogP contribution in [0.15, 0.2) is 67.0 Å². The highest BCUT2D eigenvalue weighted by Gasteiger charge is 2.56. The van der Waals surface area contributed by atoms with Gasteiger partial charge in [-0.15, -0.1) is 0 Å². The van der Waals surface area contributed by atoms with Gasteiger partial charge in [0.2, 0.25) is 5.60 Å². The first-order valence-corrected chi connectivity index (χ1v) is 17.0. The second-order valence-electron chi connectivity index (χ2n) is 13.2. The van der Waals surface area contributed by atoms with E-state index in [2.05, 4.69) is 4.98 Å². The molecular formula is C37H41F5N4O5. The number of ether oxygens (including phenoxy) is 1. The first-order chi connectivity index (χ1) is 24.2. The van der Waals surface area contributed by atoms with E-state index < -0.39 is 58.7 Å². The second-order valence-corrected chi connectivity index (χ2v) is 13.2. The van der Waals surface area contributed by atoms with E-state index in [9.17, 15) is 41.4 Å². The molecule has 2 atom stereocenters. The molecule has 0 radical (unpaired) electrons. The van der Waals surface area contributed by atoms with Gasteiger partial charge in [0, 0.05) is 56.0 Å². The van der Waals surface area contributed by atoms with Crippen LogP contribution in [-0.2, 0) is 27.7 Å². The van der Waals surface area contributed by atoms with Crippen molar-refractivity contribution >= 4 is 17.8 Å². The lowest BCUT2D eigenvalue weighted by molar-refractivity contribution is -0.161.